The standard InChI is InChI=1S/C8H9ClN2O2.ClH/c1-11(5-8(12)13)7-3-2-6(9)4-10-7;/h2-4H,5H2,1H3,(H,12,13);1H. The zero-order valence-corrected chi connectivity index (χ0v) is 9.05. The molecule has 78 valence electrons. The summed E-state index contributed by atoms with van der Waals surface area (Å²) in [7, 11) is 1.66. The van der Waals surface area contributed by atoms with Crippen LogP contribution in [0.4, 0.5) is 5.82 Å². The summed E-state index contributed by atoms with van der Waals surface area (Å²) in [5.74, 6) is -0.300. The van der Waals surface area contributed by atoms with E-state index in [9.17, 15) is 4.79 Å². The van der Waals surface area contributed by atoms with Crippen molar-refractivity contribution in [1.29, 1.82) is 0 Å². The van der Waals surface area contributed by atoms with Gasteiger partial charge in [-0.3, -0.25) is 4.79 Å². The number of carboxylic acid groups (broad SMARTS) is 1. The third kappa shape index (κ3) is 3.81. The third-order valence-electron chi connectivity index (χ3n) is 1.48. The molecule has 0 aliphatic rings. The Morgan fingerprint density at radius 2 is 2.29 bits per heavy atom. The second kappa shape index (κ2) is 5.67. The van der Waals surface area contributed by atoms with Gasteiger partial charge in [-0.1, -0.05) is 11.6 Å². The van der Waals surface area contributed by atoms with Gasteiger partial charge in [-0.15, -0.1) is 12.4 Å². The second-order valence-electron chi connectivity index (χ2n) is 2.58. The number of anilines is 1. The van der Waals surface area contributed by atoms with Gasteiger partial charge in [0.2, 0.25) is 0 Å². The van der Waals surface area contributed by atoms with Crippen LogP contribution in [0.2, 0.25) is 5.02 Å². The lowest BCUT2D eigenvalue weighted by atomic mass is 10.4. The number of nitrogens with zero attached hydrogens (tertiary/aromatic N) is 2. The van der Waals surface area contributed by atoms with Gasteiger partial charge >= 0.3 is 5.97 Å². The Morgan fingerprint density at radius 1 is 1.64 bits per heavy atom. The van der Waals surface area contributed by atoms with E-state index in [1.807, 2.05) is 0 Å². The van der Waals surface area contributed by atoms with Gasteiger partial charge in [-0.05, 0) is 12.1 Å². The van der Waals surface area contributed by atoms with E-state index in [1.54, 1.807) is 19.2 Å². The minimum absolute atomic E-state index is 0. The first-order valence-corrected chi connectivity index (χ1v) is 4.02. The molecule has 14 heavy (non-hydrogen) atoms. The van der Waals surface area contributed by atoms with Gasteiger partial charge in [0.25, 0.3) is 0 Å². The van der Waals surface area contributed by atoms with E-state index >= 15 is 0 Å². The summed E-state index contributed by atoms with van der Waals surface area (Å²) in [6, 6.07) is 3.34. The molecule has 1 aromatic heterocycles. The molecule has 0 aromatic carbocycles. The average Bonchev–Trinajstić information content (AvgIpc) is 2.04. The van der Waals surface area contributed by atoms with Crippen LogP contribution in [0.1, 0.15) is 0 Å². The molecule has 0 atom stereocenters. The average molecular weight is 237 g/mol. The molecule has 4 nitrogen and oxygen atoms in total. The molecule has 1 N–H and O–H groups in total. The number of pyridine rings is 1. The van der Waals surface area contributed by atoms with E-state index < -0.39 is 5.97 Å². The molecular weight excluding hydrogens is 227 g/mol. The van der Waals surface area contributed by atoms with E-state index in [0.29, 0.717) is 10.8 Å². The molecule has 0 fully saturated rings. The smallest absolute Gasteiger partial charge is 0.323 e. The van der Waals surface area contributed by atoms with Gasteiger partial charge < -0.3 is 10.0 Å². The van der Waals surface area contributed by atoms with Gasteiger partial charge in [0.15, 0.2) is 0 Å². The van der Waals surface area contributed by atoms with Crippen LogP contribution in [0.15, 0.2) is 18.3 Å². The molecule has 0 bridgehead atoms. The van der Waals surface area contributed by atoms with Crippen LogP contribution in [-0.4, -0.2) is 29.7 Å². The van der Waals surface area contributed by atoms with Crippen molar-refractivity contribution in [1.82, 2.24) is 4.98 Å². The summed E-state index contributed by atoms with van der Waals surface area (Å²) in [6.07, 6.45) is 1.48. The number of likely N-dealkylation sites (N-methyl/N-ethyl adjacent to an activating group) is 1. The summed E-state index contributed by atoms with van der Waals surface area (Å²) in [6.45, 7) is -0.0748. The molecular formula is C8H10Cl2N2O2. The molecule has 0 saturated carbocycles. The summed E-state index contributed by atoms with van der Waals surface area (Å²) in [5.41, 5.74) is 0. The van der Waals surface area contributed by atoms with Crippen LogP contribution in [-0.2, 0) is 4.79 Å². The van der Waals surface area contributed by atoms with E-state index in [4.69, 9.17) is 16.7 Å². The Bertz CT molecular complexity index is 303. The Hall–Kier alpha value is -1.000. The van der Waals surface area contributed by atoms with Gasteiger partial charge in [-0.2, -0.15) is 0 Å². The molecule has 0 unspecified atom stereocenters. The Morgan fingerprint density at radius 3 is 2.71 bits per heavy atom. The number of halogens is 2. The number of hydrogen-bond donors (Lipinski definition) is 1. The highest BCUT2D eigenvalue weighted by Crippen LogP contribution is 2.12. The predicted molar refractivity (Wildman–Crippen MR) is 57.4 cm³/mol. The zero-order valence-electron chi connectivity index (χ0n) is 7.48. The SMILES string of the molecule is CN(CC(=O)O)c1ccc(Cl)cn1.Cl. The van der Waals surface area contributed by atoms with Crippen molar-refractivity contribution in [3.63, 3.8) is 0 Å². The quantitative estimate of drug-likeness (QED) is 0.868. The van der Waals surface area contributed by atoms with Crippen LogP contribution >= 0.6 is 24.0 Å². The molecule has 1 aromatic rings. The van der Waals surface area contributed by atoms with Crippen molar-refractivity contribution in [2.24, 2.45) is 0 Å². The molecule has 0 saturated heterocycles. The number of aliphatic carboxylic acids is 1. The third-order valence-corrected chi connectivity index (χ3v) is 1.70. The molecule has 6 heteroatoms. The highest BCUT2D eigenvalue weighted by Gasteiger charge is 2.05. The van der Waals surface area contributed by atoms with Crippen LogP contribution in [0.5, 0.6) is 0 Å². The lowest BCUT2D eigenvalue weighted by molar-refractivity contribution is -0.135. The first-order chi connectivity index (χ1) is 6.09. The molecule has 1 rings (SSSR count). The highest BCUT2D eigenvalue weighted by atomic mass is 35.5. The largest absolute Gasteiger partial charge is 0.480 e. The van der Waals surface area contributed by atoms with Crippen molar-refractivity contribution < 1.29 is 9.90 Å². The molecule has 1 heterocycles. The Kier molecular flexibility index (Phi) is 5.27. The number of carbonyl (C=O) groups is 1. The number of hydrogen-bond acceptors (Lipinski definition) is 3. The molecule has 0 aliphatic carbocycles. The lowest BCUT2D eigenvalue weighted by Gasteiger charge is -2.14. The van der Waals surface area contributed by atoms with Crippen LogP contribution in [0, 0.1) is 0 Å². The van der Waals surface area contributed by atoms with Crippen LogP contribution in [0.25, 0.3) is 0 Å². The maximum Gasteiger partial charge on any atom is 0.323 e. The van der Waals surface area contributed by atoms with Gasteiger partial charge in [-0.25, -0.2) is 4.98 Å². The van der Waals surface area contributed by atoms with Crippen molar-refractivity contribution in [3.05, 3.63) is 23.4 Å². The van der Waals surface area contributed by atoms with Crippen molar-refractivity contribution in [2.45, 2.75) is 0 Å². The Balaban J connectivity index is 0.00000169. The van der Waals surface area contributed by atoms with E-state index in [-0.39, 0.29) is 19.0 Å². The van der Waals surface area contributed by atoms with E-state index in [2.05, 4.69) is 4.98 Å². The summed E-state index contributed by atoms with van der Waals surface area (Å²) in [4.78, 5) is 15.8. The lowest BCUT2D eigenvalue weighted by Crippen LogP contribution is -2.25. The molecule has 0 radical (unpaired) electrons. The van der Waals surface area contributed by atoms with Gasteiger partial charge in [0, 0.05) is 13.2 Å². The van der Waals surface area contributed by atoms with E-state index in [0.717, 1.165) is 0 Å². The highest BCUT2D eigenvalue weighted by molar-refractivity contribution is 6.30. The summed E-state index contributed by atoms with van der Waals surface area (Å²) < 4.78 is 0. The summed E-state index contributed by atoms with van der Waals surface area (Å²) >= 11 is 5.62. The van der Waals surface area contributed by atoms with Crippen molar-refractivity contribution >= 4 is 35.8 Å². The summed E-state index contributed by atoms with van der Waals surface area (Å²) in [5, 5.41) is 9.04. The molecule has 0 spiro atoms. The topological polar surface area (TPSA) is 53.4 Å². The monoisotopic (exact) mass is 236 g/mol. The number of carboxylic acids is 1. The fourth-order valence-electron chi connectivity index (χ4n) is 0.878. The van der Waals surface area contributed by atoms with Gasteiger partial charge in [0.05, 0.1) is 5.02 Å². The fraction of sp³-hybridized carbons (Fsp3) is 0.250. The van der Waals surface area contributed by atoms with Crippen LogP contribution < -0.4 is 4.90 Å². The molecule has 0 amide bonds. The minimum Gasteiger partial charge on any atom is -0.480 e. The second-order valence-corrected chi connectivity index (χ2v) is 3.02. The maximum atomic E-state index is 10.4. The van der Waals surface area contributed by atoms with Crippen LogP contribution in [0.3, 0.4) is 0 Å². The fourth-order valence-corrected chi connectivity index (χ4v) is 0.989. The number of rotatable bonds is 3. The number of aromatic nitrogens is 1. The predicted octanol–water partition coefficient (Wildman–Crippen LogP) is 1.68. The minimum atomic E-state index is -0.890. The van der Waals surface area contributed by atoms with E-state index in [1.165, 1.54) is 11.1 Å². The van der Waals surface area contributed by atoms with Crippen molar-refractivity contribution in [3.8, 4) is 0 Å². The zero-order chi connectivity index (χ0) is 9.84. The van der Waals surface area contributed by atoms with Gasteiger partial charge in [0.1, 0.15) is 12.4 Å². The normalized spacial score (nSPS) is 9.00. The maximum absolute atomic E-state index is 10.4. The van der Waals surface area contributed by atoms with Crippen molar-refractivity contribution in [2.75, 3.05) is 18.5 Å². The molecule has 0 aliphatic heterocycles. The Labute approximate surface area is 92.9 Å². The first kappa shape index (κ1) is 13.0. The first-order valence-electron chi connectivity index (χ1n) is 3.64.